The summed E-state index contributed by atoms with van der Waals surface area (Å²) in [6.07, 6.45) is -0.447. The van der Waals surface area contributed by atoms with Crippen LogP contribution in [0, 0.1) is 0 Å². The minimum atomic E-state index is -0.502. The molecule has 0 atom stereocenters. The molecule has 1 N–H and O–H groups in total. The Kier molecular flexibility index (Phi) is 24.3. The monoisotopic (exact) mass is 497 g/mol. The fraction of sp³-hybridized carbons (Fsp3) is 0.957. The molecule has 0 radical (unpaired) electrons. The van der Waals surface area contributed by atoms with E-state index in [1.807, 2.05) is 27.7 Å². The third-order valence-electron chi connectivity index (χ3n) is 3.72. The van der Waals surface area contributed by atoms with Gasteiger partial charge in [0.05, 0.1) is 99.1 Å². The zero-order chi connectivity index (χ0) is 25.2. The predicted molar refractivity (Wildman–Crippen MR) is 126 cm³/mol. The quantitative estimate of drug-likeness (QED) is 0.187. The second kappa shape index (κ2) is 25.1. The summed E-state index contributed by atoms with van der Waals surface area (Å²) in [5.74, 6) is 0. The van der Waals surface area contributed by atoms with Gasteiger partial charge in [0.25, 0.3) is 0 Å². The molecule has 0 aromatic carbocycles. The zero-order valence-corrected chi connectivity index (χ0v) is 21.6. The smallest absolute Gasteiger partial charge is 0.407 e. The van der Waals surface area contributed by atoms with Crippen LogP contribution in [-0.4, -0.2) is 124 Å². The van der Waals surface area contributed by atoms with Gasteiger partial charge in [-0.3, -0.25) is 0 Å². The molecule has 0 unspecified atom stereocenters. The highest BCUT2D eigenvalue weighted by Gasteiger charge is 2.15. The summed E-state index contributed by atoms with van der Waals surface area (Å²) >= 11 is 0. The number of alkyl carbamates (subject to hydrolysis) is 1. The lowest BCUT2D eigenvalue weighted by molar-refractivity contribution is -0.0228. The van der Waals surface area contributed by atoms with Crippen molar-refractivity contribution in [3.8, 4) is 0 Å². The highest BCUT2D eigenvalue weighted by molar-refractivity contribution is 5.67. The summed E-state index contributed by atoms with van der Waals surface area (Å²) in [5.41, 5.74) is -0.502. The molecule has 11 nitrogen and oxygen atoms in total. The summed E-state index contributed by atoms with van der Waals surface area (Å²) in [6.45, 7) is 16.2. The number of ether oxygens (including phenoxy) is 9. The summed E-state index contributed by atoms with van der Waals surface area (Å²) in [5, 5.41) is 2.62. The normalized spacial score (nSPS) is 11.6. The van der Waals surface area contributed by atoms with Gasteiger partial charge >= 0.3 is 6.09 Å². The molecular weight excluding hydrogens is 450 g/mol. The van der Waals surface area contributed by atoms with Crippen LogP contribution in [0.5, 0.6) is 0 Å². The van der Waals surface area contributed by atoms with E-state index in [2.05, 4.69) is 5.32 Å². The van der Waals surface area contributed by atoms with Gasteiger partial charge in [0.2, 0.25) is 0 Å². The third-order valence-corrected chi connectivity index (χ3v) is 3.72. The largest absolute Gasteiger partial charge is 0.444 e. The zero-order valence-electron chi connectivity index (χ0n) is 21.6. The van der Waals surface area contributed by atoms with Crippen LogP contribution in [0.1, 0.15) is 27.7 Å². The number of carbonyl (C=O) groups is 1. The average Bonchev–Trinajstić information content (AvgIpc) is 2.78. The van der Waals surface area contributed by atoms with E-state index in [0.717, 1.165) is 0 Å². The SMILES string of the molecule is CCOCCOCCOCCOCCOCCOCCOCCOCCNC(=O)OC(C)(C)C. The highest BCUT2D eigenvalue weighted by atomic mass is 16.6. The molecule has 204 valence electrons. The minimum absolute atomic E-state index is 0.391. The van der Waals surface area contributed by atoms with Crippen LogP contribution >= 0.6 is 0 Å². The first kappa shape index (κ1) is 33.0. The first-order valence-corrected chi connectivity index (χ1v) is 12.0. The van der Waals surface area contributed by atoms with Crippen molar-refractivity contribution in [2.45, 2.75) is 33.3 Å². The number of carbonyl (C=O) groups excluding carboxylic acids is 1. The second-order valence-corrected chi connectivity index (χ2v) is 7.91. The molecule has 0 aliphatic rings. The molecule has 0 rings (SSSR count). The fourth-order valence-electron chi connectivity index (χ4n) is 2.22. The van der Waals surface area contributed by atoms with Gasteiger partial charge in [-0.25, -0.2) is 4.79 Å². The van der Waals surface area contributed by atoms with E-state index < -0.39 is 11.7 Å². The van der Waals surface area contributed by atoms with Crippen molar-refractivity contribution < 1.29 is 47.4 Å². The molecule has 0 aromatic rings. The Morgan fingerprint density at radius 3 is 1.12 bits per heavy atom. The molecule has 0 aliphatic carbocycles. The van der Waals surface area contributed by atoms with E-state index in [1.54, 1.807) is 0 Å². The number of hydrogen-bond donors (Lipinski definition) is 1. The van der Waals surface area contributed by atoms with Crippen LogP contribution in [0.3, 0.4) is 0 Å². The number of rotatable bonds is 25. The van der Waals surface area contributed by atoms with E-state index >= 15 is 0 Å². The van der Waals surface area contributed by atoms with Gasteiger partial charge in [-0.2, -0.15) is 0 Å². The first-order chi connectivity index (χ1) is 16.5. The van der Waals surface area contributed by atoms with Crippen molar-refractivity contribution in [3.05, 3.63) is 0 Å². The topological polar surface area (TPSA) is 112 Å². The second-order valence-electron chi connectivity index (χ2n) is 7.91. The molecule has 0 aromatic heterocycles. The van der Waals surface area contributed by atoms with Crippen molar-refractivity contribution in [2.75, 3.05) is 112 Å². The lowest BCUT2D eigenvalue weighted by atomic mass is 10.2. The number of nitrogens with one attached hydrogen (secondary N) is 1. The Morgan fingerprint density at radius 2 is 0.824 bits per heavy atom. The molecule has 0 bridgehead atoms. The number of hydrogen-bond acceptors (Lipinski definition) is 10. The minimum Gasteiger partial charge on any atom is -0.444 e. The molecule has 0 saturated heterocycles. The maximum atomic E-state index is 11.4. The summed E-state index contributed by atoms with van der Waals surface area (Å²) in [7, 11) is 0. The molecule has 0 saturated carbocycles. The maximum Gasteiger partial charge on any atom is 0.407 e. The molecule has 11 heteroatoms. The van der Waals surface area contributed by atoms with E-state index in [4.69, 9.17) is 42.6 Å². The van der Waals surface area contributed by atoms with Crippen molar-refractivity contribution in [2.24, 2.45) is 0 Å². The van der Waals surface area contributed by atoms with Gasteiger partial charge in [0, 0.05) is 13.2 Å². The van der Waals surface area contributed by atoms with Crippen molar-refractivity contribution >= 4 is 6.09 Å². The van der Waals surface area contributed by atoms with Crippen molar-refractivity contribution in [1.82, 2.24) is 5.32 Å². The van der Waals surface area contributed by atoms with E-state index in [9.17, 15) is 4.79 Å². The van der Waals surface area contributed by atoms with Crippen molar-refractivity contribution in [3.63, 3.8) is 0 Å². The molecule has 0 aliphatic heterocycles. The Balaban J connectivity index is 3.10. The average molecular weight is 498 g/mol. The lowest BCUT2D eigenvalue weighted by Gasteiger charge is -2.19. The molecule has 0 fully saturated rings. The lowest BCUT2D eigenvalue weighted by Crippen LogP contribution is -2.34. The van der Waals surface area contributed by atoms with Gasteiger partial charge in [0.1, 0.15) is 5.60 Å². The van der Waals surface area contributed by atoms with Gasteiger partial charge in [-0.15, -0.1) is 0 Å². The van der Waals surface area contributed by atoms with Crippen LogP contribution in [-0.2, 0) is 42.6 Å². The van der Waals surface area contributed by atoms with E-state index in [-0.39, 0.29) is 0 Å². The Hall–Kier alpha value is -1.05. The van der Waals surface area contributed by atoms with Gasteiger partial charge < -0.3 is 47.9 Å². The van der Waals surface area contributed by atoms with Crippen LogP contribution in [0.25, 0.3) is 0 Å². The highest BCUT2D eigenvalue weighted by Crippen LogP contribution is 2.06. The van der Waals surface area contributed by atoms with Crippen LogP contribution in [0.15, 0.2) is 0 Å². The molecular formula is C23H47NO10. The third kappa shape index (κ3) is 29.0. The number of amides is 1. The molecule has 1 amide bonds. The summed E-state index contributed by atoms with van der Waals surface area (Å²) in [4.78, 5) is 11.4. The fourth-order valence-corrected chi connectivity index (χ4v) is 2.22. The Labute approximate surface area is 205 Å². The maximum absolute atomic E-state index is 11.4. The van der Waals surface area contributed by atoms with Gasteiger partial charge in [0.15, 0.2) is 0 Å². The van der Waals surface area contributed by atoms with Gasteiger partial charge in [-0.1, -0.05) is 0 Å². The van der Waals surface area contributed by atoms with Crippen LogP contribution in [0.4, 0.5) is 4.79 Å². The summed E-state index contributed by atoms with van der Waals surface area (Å²) < 4.78 is 48.1. The van der Waals surface area contributed by atoms with Crippen LogP contribution in [0.2, 0.25) is 0 Å². The van der Waals surface area contributed by atoms with E-state index in [0.29, 0.717) is 112 Å². The standard InChI is InChI=1S/C23H47NO10/c1-5-26-8-9-28-12-13-30-16-17-32-20-21-33-19-18-31-15-14-29-11-10-27-7-6-24-22(25)34-23(2,3)4/h5-21H2,1-4H3,(H,24,25). The molecule has 0 heterocycles. The van der Waals surface area contributed by atoms with Gasteiger partial charge in [-0.05, 0) is 27.7 Å². The Morgan fingerprint density at radius 1 is 0.529 bits per heavy atom. The Bertz CT molecular complexity index is 434. The van der Waals surface area contributed by atoms with Crippen LogP contribution < -0.4 is 5.32 Å². The predicted octanol–water partition coefficient (Wildman–Crippen LogP) is 1.66. The van der Waals surface area contributed by atoms with E-state index in [1.165, 1.54) is 0 Å². The first-order valence-electron chi connectivity index (χ1n) is 12.0. The van der Waals surface area contributed by atoms with Crippen molar-refractivity contribution in [1.29, 1.82) is 0 Å². The molecule has 34 heavy (non-hydrogen) atoms. The summed E-state index contributed by atoms with van der Waals surface area (Å²) in [6, 6.07) is 0. The molecule has 0 spiro atoms.